The second kappa shape index (κ2) is 9.07. The maximum Gasteiger partial charge on any atom is 0.295 e. The summed E-state index contributed by atoms with van der Waals surface area (Å²) in [4.78, 5) is 28.4. The van der Waals surface area contributed by atoms with Crippen LogP contribution in [0, 0.1) is 6.92 Å². The molecule has 1 unspecified atom stereocenters. The van der Waals surface area contributed by atoms with E-state index >= 15 is 0 Å². The number of hydrogen-bond donors (Lipinski definition) is 1. The van der Waals surface area contributed by atoms with Crippen molar-refractivity contribution in [3.05, 3.63) is 64.7 Å². The molecule has 0 bridgehead atoms. The summed E-state index contributed by atoms with van der Waals surface area (Å²) in [6, 6.07) is 12.1. The molecule has 168 valence electrons. The highest BCUT2D eigenvalue weighted by Gasteiger charge is 2.49. The normalized spacial score (nSPS) is 21.1. The highest BCUT2D eigenvalue weighted by Crippen LogP contribution is 2.45. The Bertz CT molecular complexity index is 1070. The molecule has 2 fully saturated rings. The number of likely N-dealkylation sites (tertiary alicyclic amines) is 1. The second-order valence-electron chi connectivity index (χ2n) is 8.42. The molecular formula is C26H29NO5. The van der Waals surface area contributed by atoms with E-state index in [9.17, 15) is 14.7 Å². The molecule has 1 heterocycles. The minimum atomic E-state index is -0.661. The smallest absolute Gasteiger partial charge is 0.295 e. The Morgan fingerprint density at radius 1 is 1.00 bits per heavy atom. The van der Waals surface area contributed by atoms with Gasteiger partial charge in [0.1, 0.15) is 17.3 Å². The molecule has 0 aromatic heterocycles. The Morgan fingerprint density at radius 2 is 1.72 bits per heavy atom. The lowest BCUT2D eigenvalue weighted by Crippen LogP contribution is -2.40. The monoisotopic (exact) mass is 435 g/mol. The van der Waals surface area contributed by atoms with E-state index in [0.29, 0.717) is 17.1 Å². The summed E-state index contributed by atoms with van der Waals surface area (Å²) in [5.74, 6) is -0.539. The van der Waals surface area contributed by atoms with Crippen LogP contribution in [0.25, 0.3) is 5.76 Å². The number of ketones is 1. The molecule has 1 N–H and O–H groups in total. The highest BCUT2D eigenvalue weighted by molar-refractivity contribution is 6.46. The van der Waals surface area contributed by atoms with Crippen molar-refractivity contribution in [3.63, 3.8) is 0 Å². The van der Waals surface area contributed by atoms with Crippen molar-refractivity contribution >= 4 is 17.4 Å². The second-order valence-corrected chi connectivity index (χ2v) is 8.42. The number of aliphatic hydroxyl groups excluding tert-OH is 1. The fourth-order valence-electron chi connectivity index (χ4n) is 4.93. The number of aryl methyl sites for hydroxylation is 1. The van der Waals surface area contributed by atoms with Crippen LogP contribution in [-0.4, -0.2) is 42.0 Å². The molecule has 1 aliphatic heterocycles. The van der Waals surface area contributed by atoms with Crippen molar-refractivity contribution in [2.24, 2.45) is 0 Å². The first-order valence-corrected chi connectivity index (χ1v) is 11.1. The molecule has 1 atom stereocenters. The van der Waals surface area contributed by atoms with Gasteiger partial charge in [-0.1, -0.05) is 43.5 Å². The predicted molar refractivity (Wildman–Crippen MR) is 122 cm³/mol. The number of carbonyl (C=O) groups excluding carboxylic acids is 2. The van der Waals surface area contributed by atoms with E-state index in [1.54, 1.807) is 23.1 Å². The molecule has 0 radical (unpaired) electrons. The predicted octanol–water partition coefficient (Wildman–Crippen LogP) is 4.77. The van der Waals surface area contributed by atoms with Gasteiger partial charge in [0.15, 0.2) is 0 Å². The summed E-state index contributed by atoms with van der Waals surface area (Å²) in [5, 5.41) is 11.4. The Kier molecular flexibility index (Phi) is 6.21. The zero-order chi connectivity index (χ0) is 22.8. The van der Waals surface area contributed by atoms with Crippen LogP contribution >= 0.6 is 0 Å². The summed E-state index contributed by atoms with van der Waals surface area (Å²) in [7, 11) is 3.03. The van der Waals surface area contributed by atoms with Gasteiger partial charge in [-0.15, -0.1) is 0 Å². The first-order valence-electron chi connectivity index (χ1n) is 11.1. The van der Waals surface area contributed by atoms with E-state index in [2.05, 4.69) is 0 Å². The highest BCUT2D eigenvalue weighted by atomic mass is 16.5. The molecule has 6 heteroatoms. The minimum Gasteiger partial charge on any atom is -0.507 e. The van der Waals surface area contributed by atoms with Crippen LogP contribution in [-0.2, 0) is 9.59 Å². The summed E-state index contributed by atoms with van der Waals surface area (Å²) < 4.78 is 10.7. The molecule has 6 nitrogen and oxygen atoms in total. The minimum absolute atomic E-state index is 0.0256. The molecule has 0 spiro atoms. The number of benzene rings is 2. The third-order valence-corrected chi connectivity index (χ3v) is 6.59. The van der Waals surface area contributed by atoms with E-state index in [0.717, 1.165) is 43.2 Å². The van der Waals surface area contributed by atoms with Crippen LogP contribution in [0.15, 0.2) is 48.0 Å². The average molecular weight is 436 g/mol. The Labute approximate surface area is 188 Å². The van der Waals surface area contributed by atoms with Crippen LogP contribution in [0.3, 0.4) is 0 Å². The van der Waals surface area contributed by atoms with E-state index in [1.165, 1.54) is 14.2 Å². The van der Waals surface area contributed by atoms with Crippen LogP contribution in [0.5, 0.6) is 11.5 Å². The van der Waals surface area contributed by atoms with Gasteiger partial charge in [-0.05, 0) is 49.1 Å². The number of aliphatic hydroxyl groups is 1. The maximum atomic E-state index is 13.3. The van der Waals surface area contributed by atoms with E-state index < -0.39 is 17.7 Å². The maximum absolute atomic E-state index is 13.3. The molecule has 2 aromatic carbocycles. The average Bonchev–Trinajstić information content (AvgIpc) is 3.09. The lowest BCUT2D eigenvalue weighted by atomic mass is 9.89. The Morgan fingerprint density at radius 3 is 2.38 bits per heavy atom. The first kappa shape index (κ1) is 21.9. The van der Waals surface area contributed by atoms with E-state index in [4.69, 9.17) is 9.47 Å². The fourth-order valence-corrected chi connectivity index (χ4v) is 4.93. The quantitative estimate of drug-likeness (QED) is 0.416. The largest absolute Gasteiger partial charge is 0.507 e. The summed E-state index contributed by atoms with van der Waals surface area (Å²) in [5.41, 5.74) is 2.23. The zero-order valence-electron chi connectivity index (χ0n) is 18.8. The molecule has 1 saturated carbocycles. The van der Waals surface area contributed by atoms with Gasteiger partial charge in [0.2, 0.25) is 0 Å². The SMILES string of the molecule is COc1ccc(OC)c(/C(O)=C2\C(=O)C(=O)N(C3CCCCC3)C2c2ccccc2C)c1. The Balaban J connectivity index is 1.94. The van der Waals surface area contributed by atoms with Crippen molar-refractivity contribution in [1.29, 1.82) is 0 Å². The lowest BCUT2D eigenvalue weighted by molar-refractivity contribution is -0.141. The summed E-state index contributed by atoms with van der Waals surface area (Å²) >= 11 is 0. The number of hydrogen-bond acceptors (Lipinski definition) is 5. The van der Waals surface area contributed by atoms with Gasteiger partial charge in [-0.3, -0.25) is 9.59 Å². The van der Waals surface area contributed by atoms with Gasteiger partial charge in [0, 0.05) is 6.04 Å². The molecule has 1 amide bonds. The van der Waals surface area contributed by atoms with Gasteiger partial charge in [0.25, 0.3) is 11.7 Å². The molecule has 2 aliphatic rings. The fraction of sp³-hybridized carbons (Fsp3) is 0.385. The van der Waals surface area contributed by atoms with Crippen molar-refractivity contribution in [2.45, 2.75) is 51.1 Å². The van der Waals surface area contributed by atoms with Crippen molar-refractivity contribution in [3.8, 4) is 11.5 Å². The van der Waals surface area contributed by atoms with Crippen molar-refractivity contribution in [2.75, 3.05) is 14.2 Å². The van der Waals surface area contributed by atoms with Crippen LogP contribution < -0.4 is 9.47 Å². The first-order chi connectivity index (χ1) is 15.5. The molecule has 1 aliphatic carbocycles. The summed E-state index contributed by atoms with van der Waals surface area (Å²) in [6.45, 7) is 1.96. The number of Topliss-reactive ketones (excluding diaryl/α,β-unsaturated/α-hetero) is 1. The van der Waals surface area contributed by atoms with Crippen LogP contribution in [0.4, 0.5) is 0 Å². The standard InChI is InChI=1S/C26H29NO5/c1-16-9-7-8-12-19(16)23-22(24(28)20-15-18(31-2)13-14-21(20)32-3)25(29)26(30)27(23)17-10-5-4-6-11-17/h7-9,12-15,17,23,28H,4-6,10-11H2,1-3H3/b24-22+. The van der Waals surface area contributed by atoms with Gasteiger partial charge in [-0.2, -0.15) is 0 Å². The molecular weight excluding hydrogens is 406 g/mol. The number of nitrogens with zero attached hydrogens (tertiary/aromatic N) is 1. The van der Waals surface area contributed by atoms with Gasteiger partial charge < -0.3 is 19.5 Å². The van der Waals surface area contributed by atoms with Crippen LogP contribution in [0.2, 0.25) is 0 Å². The Hall–Kier alpha value is -3.28. The number of amides is 1. The van der Waals surface area contributed by atoms with Gasteiger partial charge >= 0.3 is 0 Å². The molecule has 32 heavy (non-hydrogen) atoms. The van der Waals surface area contributed by atoms with E-state index in [-0.39, 0.29) is 17.4 Å². The molecule has 1 saturated heterocycles. The molecule has 4 rings (SSSR count). The number of ether oxygens (including phenoxy) is 2. The van der Waals surface area contributed by atoms with Gasteiger partial charge in [0.05, 0.1) is 31.4 Å². The van der Waals surface area contributed by atoms with Crippen LogP contribution in [0.1, 0.15) is 54.8 Å². The van der Waals surface area contributed by atoms with Gasteiger partial charge in [-0.25, -0.2) is 0 Å². The zero-order valence-corrected chi connectivity index (χ0v) is 18.8. The molecule has 2 aromatic rings. The summed E-state index contributed by atoms with van der Waals surface area (Å²) in [6.07, 6.45) is 4.90. The van der Waals surface area contributed by atoms with E-state index in [1.807, 2.05) is 31.2 Å². The topological polar surface area (TPSA) is 76.1 Å². The lowest BCUT2D eigenvalue weighted by Gasteiger charge is -2.36. The third kappa shape index (κ3) is 3.74. The number of methoxy groups -OCH3 is 2. The number of rotatable bonds is 5. The number of carbonyl (C=O) groups is 2. The van der Waals surface area contributed by atoms with Crippen molar-refractivity contribution < 1.29 is 24.2 Å². The third-order valence-electron chi connectivity index (χ3n) is 6.59. The van der Waals surface area contributed by atoms with Crippen molar-refractivity contribution in [1.82, 2.24) is 4.90 Å².